The van der Waals surface area contributed by atoms with Crippen molar-refractivity contribution < 1.29 is 14.3 Å². The SMILES string of the molecule is COCCCNC(=O)[C@@H](CN(Cc1cccc(C)c1)C(C)C)Oc1ccccc1. The van der Waals surface area contributed by atoms with E-state index in [1.165, 1.54) is 11.1 Å². The average Bonchev–Trinajstić information content (AvgIpc) is 2.70. The van der Waals surface area contributed by atoms with Gasteiger partial charge in [-0.2, -0.15) is 0 Å². The minimum atomic E-state index is -0.591. The molecule has 0 saturated heterocycles. The minimum Gasteiger partial charge on any atom is -0.479 e. The van der Waals surface area contributed by atoms with Crippen LogP contribution in [0, 0.1) is 6.92 Å². The van der Waals surface area contributed by atoms with Crippen LogP contribution >= 0.6 is 0 Å². The zero-order chi connectivity index (χ0) is 21.1. The third kappa shape index (κ3) is 8.26. The molecular formula is C24H34N2O3. The molecule has 0 aromatic heterocycles. The van der Waals surface area contributed by atoms with Crippen LogP contribution < -0.4 is 10.1 Å². The molecular weight excluding hydrogens is 364 g/mol. The lowest BCUT2D eigenvalue weighted by Gasteiger charge is -2.30. The van der Waals surface area contributed by atoms with Gasteiger partial charge in [-0.05, 0) is 44.9 Å². The number of carbonyl (C=O) groups excluding carboxylic acids is 1. The van der Waals surface area contributed by atoms with Crippen LogP contribution in [0.3, 0.4) is 0 Å². The van der Waals surface area contributed by atoms with Crippen LogP contribution in [0.5, 0.6) is 5.75 Å². The van der Waals surface area contributed by atoms with Gasteiger partial charge in [0.2, 0.25) is 0 Å². The summed E-state index contributed by atoms with van der Waals surface area (Å²) in [7, 11) is 1.66. The van der Waals surface area contributed by atoms with Crippen LogP contribution in [0.4, 0.5) is 0 Å². The second kappa shape index (κ2) is 12.2. The highest BCUT2D eigenvalue weighted by atomic mass is 16.5. The molecule has 0 heterocycles. The van der Waals surface area contributed by atoms with Gasteiger partial charge in [-0.25, -0.2) is 0 Å². The Hall–Kier alpha value is -2.37. The van der Waals surface area contributed by atoms with E-state index in [2.05, 4.69) is 55.3 Å². The number of nitrogens with zero attached hydrogens (tertiary/aromatic N) is 1. The molecule has 0 unspecified atom stereocenters. The van der Waals surface area contributed by atoms with Crippen LogP contribution in [-0.4, -0.2) is 49.8 Å². The normalized spacial score (nSPS) is 12.2. The number of carbonyl (C=O) groups is 1. The van der Waals surface area contributed by atoms with Crippen molar-refractivity contribution in [1.29, 1.82) is 0 Å². The largest absolute Gasteiger partial charge is 0.479 e. The summed E-state index contributed by atoms with van der Waals surface area (Å²) >= 11 is 0. The summed E-state index contributed by atoms with van der Waals surface area (Å²) in [6.45, 7) is 8.86. The van der Waals surface area contributed by atoms with Gasteiger partial charge in [0.15, 0.2) is 6.10 Å². The van der Waals surface area contributed by atoms with Crippen molar-refractivity contribution >= 4 is 5.91 Å². The van der Waals surface area contributed by atoms with Crippen LogP contribution in [0.25, 0.3) is 0 Å². The van der Waals surface area contributed by atoms with E-state index < -0.39 is 6.10 Å². The van der Waals surface area contributed by atoms with Crippen molar-refractivity contribution in [1.82, 2.24) is 10.2 Å². The van der Waals surface area contributed by atoms with E-state index in [1.54, 1.807) is 7.11 Å². The Morgan fingerprint density at radius 2 is 1.86 bits per heavy atom. The van der Waals surface area contributed by atoms with Gasteiger partial charge in [-0.1, -0.05) is 48.0 Å². The maximum absolute atomic E-state index is 12.9. The monoisotopic (exact) mass is 398 g/mol. The first-order valence-electron chi connectivity index (χ1n) is 10.3. The van der Waals surface area contributed by atoms with Crippen molar-refractivity contribution in [2.24, 2.45) is 0 Å². The second-order valence-corrected chi connectivity index (χ2v) is 7.57. The number of methoxy groups -OCH3 is 1. The van der Waals surface area contributed by atoms with Crippen molar-refractivity contribution in [3.63, 3.8) is 0 Å². The van der Waals surface area contributed by atoms with Gasteiger partial charge >= 0.3 is 0 Å². The molecule has 5 heteroatoms. The Labute approximate surface area is 175 Å². The summed E-state index contributed by atoms with van der Waals surface area (Å²) in [6.07, 6.45) is 0.185. The molecule has 1 amide bonds. The van der Waals surface area contributed by atoms with Gasteiger partial charge in [-0.3, -0.25) is 9.69 Å². The molecule has 0 saturated carbocycles. The van der Waals surface area contributed by atoms with Crippen molar-refractivity contribution in [2.45, 2.75) is 45.9 Å². The predicted octanol–water partition coefficient (Wildman–Crippen LogP) is 3.81. The Morgan fingerprint density at radius 1 is 1.10 bits per heavy atom. The van der Waals surface area contributed by atoms with E-state index in [0.717, 1.165) is 13.0 Å². The van der Waals surface area contributed by atoms with Gasteiger partial charge in [0.25, 0.3) is 5.91 Å². The highest BCUT2D eigenvalue weighted by molar-refractivity contribution is 5.81. The van der Waals surface area contributed by atoms with Crippen LogP contribution in [0.2, 0.25) is 0 Å². The maximum Gasteiger partial charge on any atom is 0.262 e. The lowest BCUT2D eigenvalue weighted by atomic mass is 10.1. The zero-order valence-corrected chi connectivity index (χ0v) is 18.1. The number of amides is 1. The number of hydrogen-bond donors (Lipinski definition) is 1. The quantitative estimate of drug-likeness (QED) is 0.553. The van der Waals surface area contributed by atoms with Gasteiger partial charge < -0.3 is 14.8 Å². The first-order chi connectivity index (χ1) is 14.0. The molecule has 2 aromatic carbocycles. The smallest absolute Gasteiger partial charge is 0.262 e. The van der Waals surface area contributed by atoms with Gasteiger partial charge in [0.1, 0.15) is 5.75 Å². The lowest BCUT2D eigenvalue weighted by molar-refractivity contribution is -0.129. The molecule has 0 fully saturated rings. The first kappa shape index (κ1) is 22.9. The number of rotatable bonds is 12. The molecule has 158 valence electrons. The summed E-state index contributed by atoms with van der Waals surface area (Å²) in [6, 6.07) is 18.3. The molecule has 0 aliphatic heterocycles. The summed E-state index contributed by atoms with van der Waals surface area (Å²) in [5.74, 6) is 0.601. The molecule has 29 heavy (non-hydrogen) atoms. The Bertz CT molecular complexity index is 734. The fourth-order valence-corrected chi connectivity index (χ4v) is 3.09. The highest BCUT2D eigenvalue weighted by Crippen LogP contribution is 2.15. The van der Waals surface area contributed by atoms with Crippen LogP contribution in [-0.2, 0) is 16.1 Å². The molecule has 0 aliphatic carbocycles. The van der Waals surface area contributed by atoms with E-state index in [4.69, 9.17) is 9.47 Å². The molecule has 5 nitrogen and oxygen atoms in total. The Balaban J connectivity index is 2.10. The summed E-state index contributed by atoms with van der Waals surface area (Å²) in [5, 5.41) is 2.98. The zero-order valence-electron chi connectivity index (χ0n) is 18.1. The number of aryl methyl sites for hydroxylation is 1. The number of para-hydroxylation sites is 1. The third-order valence-corrected chi connectivity index (χ3v) is 4.74. The molecule has 0 bridgehead atoms. The van der Waals surface area contributed by atoms with Crippen LogP contribution in [0.1, 0.15) is 31.4 Å². The molecule has 1 atom stereocenters. The van der Waals surface area contributed by atoms with Gasteiger partial charge in [-0.15, -0.1) is 0 Å². The molecule has 2 aromatic rings. The molecule has 1 N–H and O–H groups in total. The molecule has 0 aliphatic rings. The highest BCUT2D eigenvalue weighted by Gasteiger charge is 2.25. The fourth-order valence-electron chi connectivity index (χ4n) is 3.09. The average molecular weight is 399 g/mol. The standard InChI is InChI=1S/C24H34N2O3/c1-19(2)26(17-21-11-8-10-20(3)16-21)18-23(24(27)25-14-9-15-28-4)29-22-12-6-5-7-13-22/h5-8,10-13,16,19,23H,9,14-15,17-18H2,1-4H3,(H,25,27)/t23-/m1/s1. The van der Waals surface area contributed by atoms with E-state index in [1.807, 2.05) is 30.3 Å². The van der Waals surface area contributed by atoms with E-state index in [9.17, 15) is 4.79 Å². The third-order valence-electron chi connectivity index (χ3n) is 4.74. The second-order valence-electron chi connectivity index (χ2n) is 7.57. The number of nitrogens with one attached hydrogen (secondary N) is 1. The number of ether oxygens (including phenoxy) is 2. The lowest BCUT2D eigenvalue weighted by Crippen LogP contribution is -2.48. The maximum atomic E-state index is 12.9. The molecule has 2 rings (SSSR count). The number of benzene rings is 2. The van der Waals surface area contributed by atoms with E-state index in [-0.39, 0.29) is 11.9 Å². The summed E-state index contributed by atoms with van der Waals surface area (Å²) in [5.41, 5.74) is 2.47. The fraction of sp³-hybridized carbons (Fsp3) is 0.458. The summed E-state index contributed by atoms with van der Waals surface area (Å²) in [4.78, 5) is 15.1. The van der Waals surface area contributed by atoms with Crippen molar-refractivity contribution in [2.75, 3.05) is 26.8 Å². The Morgan fingerprint density at radius 3 is 2.52 bits per heavy atom. The molecule has 0 spiro atoms. The first-order valence-corrected chi connectivity index (χ1v) is 10.3. The minimum absolute atomic E-state index is 0.0974. The van der Waals surface area contributed by atoms with Crippen molar-refractivity contribution in [3.05, 3.63) is 65.7 Å². The topological polar surface area (TPSA) is 50.8 Å². The molecule has 0 radical (unpaired) electrons. The predicted molar refractivity (Wildman–Crippen MR) is 117 cm³/mol. The van der Waals surface area contributed by atoms with Crippen LogP contribution in [0.15, 0.2) is 54.6 Å². The van der Waals surface area contributed by atoms with E-state index in [0.29, 0.717) is 25.4 Å². The van der Waals surface area contributed by atoms with Gasteiger partial charge in [0.05, 0.1) is 0 Å². The number of hydrogen-bond acceptors (Lipinski definition) is 4. The Kier molecular flexibility index (Phi) is 9.68. The van der Waals surface area contributed by atoms with E-state index >= 15 is 0 Å². The van der Waals surface area contributed by atoms with Gasteiger partial charge in [0, 0.05) is 39.4 Å². The summed E-state index contributed by atoms with van der Waals surface area (Å²) < 4.78 is 11.2. The van der Waals surface area contributed by atoms with Crippen molar-refractivity contribution in [3.8, 4) is 5.75 Å².